The summed E-state index contributed by atoms with van der Waals surface area (Å²) in [5.41, 5.74) is 0. The second kappa shape index (κ2) is 5.13. The monoisotopic (exact) mass is 209 g/mol. The Morgan fingerprint density at radius 3 is 3.07 bits per heavy atom. The molecule has 2 aliphatic rings. The van der Waals surface area contributed by atoms with Gasteiger partial charge in [-0.2, -0.15) is 5.06 Å². The van der Waals surface area contributed by atoms with Crippen molar-refractivity contribution in [3.05, 3.63) is 12.7 Å². The van der Waals surface area contributed by atoms with Crippen LogP contribution in [0, 0.1) is 0 Å². The minimum Gasteiger partial charge on any atom is -0.295 e. The molecule has 0 radical (unpaired) electrons. The van der Waals surface area contributed by atoms with Crippen LogP contribution in [0.25, 0.3) is 0 Å². The van der Waals surface area contributed by atoms with Gasteiger partial charge in [-0.25, -0.2) is 0 Å². The molecule has 0 aromatic rings. The van der Waals surface area contributed by atoms with Crippen LogP contribution in [0.15, 0.2) is 12.7 Å². The van der Waals surface area contributed by atoms with E-state index in [0.29, 0.717) is 18.2 Å². The fourth-order valence-corrected chi connectivity index (χ4v) is 2.96. The van der Waals surface area contributed by atoms with Crippen molar-refractivity contribution in [3.8, 4) is 0 Å². The average molecular weight is 209 g/mol. The lowest BCUT2D eigenvalue weighted by atomic mass is 9.93. The first-order valence-electron chi connectivity index (χ1n) is 6.41. The maximum absolute atomic E-state index is 6.06. The number of hydroxylamine groups is 2. The lowest BCUT2D eigenvalue weighted by Gasteiger charge is -2.35. The van der Waals surface area contributed by atoms with E-state index in [-0.39, 0.29) is 0 Å². The molecule has 2 heterocycles. The van der Waals surface area contributed by atoms with Crippen molar-refractivity contribution in [2.75, 3.05) is 0 Å². The number of piperidine rings is 1. The Labute approximate surface area is 93.2 Å². The van der Waals surface area contributed by atoms with Crippen molar-refractivity contribution in [1.29, 1.82) is 0 Å². The first-order chi connectivity index (χ1) is 7.35. The summed E-state index contributed by atoms with van der Waals surface area (Å²) >= 11 is 0. The highest BCUT2D eigenvalue weighted by Gasteiger charge is 2.39. The molecule has 0 aliphatic carbocycles. The van der Waals surface area contributed by atoms with Gasteiger partial charge in [0, 0.05) is 12.1 Å². The normalized spacial score (nSPS) is 36.5. The van der Waals surface area contributed by atoms with E-state index >= 15 is 0 Å². The smallest absolute Gasteiger partial charge is 0.0809 e. The van der Waals surface area contributed by atoms with Crippen LogP contribution in [0.2, 0.25) is 0 Å². The van der Waals surface area contributed by atoms with Crippen LogP contribution in [-0.4, -0.2) is 23.3 Å². The van der Waals surface area contributed by atoms with Gasteiger partial charge in [-0.3, -0.25) is 4.84 Å². The van der Waals surface area contributed by atoms with Crippen LogP contribution in [0.5, 0.6) is 0 Å². The molecule has 0 saturated carbocycles. The topological polar surface area (TPSA) is 12.5 Å². The van der Waals surface area contributed by atoms with Crippen molar-refractivity contribution in [3.63, 3.8) is 0 Å². The molecule has 0 aromatic carbocycles. The van der Waals surface area contributed by atoms with Crippen LogP contribution in [0.1, 0.15) is 51.9 Å². The Hall–Kier alpha value is -0.340. The van der Waals surface area contributed by atoms with Crippen molar-refractivity contribution in [2.24, 2.45) is 0 Å². The fourth-order valence-electron chi connectivity index (χ4n) is 2.96. The SMILES string of the molecule is C=CC[C@H]1CCC[C@H]2C[C@@H](CCC)ON12. The van der Waals surface area contributed by atoms with Gasteiger partial charge in [0.25, 0.3) is 0 Å². The summed E-state index contributed by atoms with van der Waals surface area (Å²) in [6.07, 6.45) is 11.3. The summed E-state index contributed by atoms with van der Waals surface area (Å²) < 4.78 is 0. The summed E-state index contributed by atoms with van der Waals surface area (Å²) in [7, 11) is 0. The first kappa shape index (κ1) is 11.2. The number of rotatable bonds is 4. The molecule has 0 bridgehead atoms. The quantitative estimate of drug-likeness (QED) is 0.659. The zero-order chi connectivity index (χ0) is 10.7. The highest BCUT2D eigenvalue weighted by atomic mass is 16.7. The van der Waals surface area contributed by atoms with E-state index in [1.165, 1.54) is 38.5 Å². The van der Waals surface area contributed by atoms with Gasteiger partial charge in [-0.15, -0.1) is 6.58 Å². The van der Waals surface area contributed by atoms with Crippen LogP contribution in [0.4, 0.5) is 0 Å². The predicted octanol–water partition coefficient (Wildman–Crippen LogP) is 3.29. The predicted molar refractivity (Wildman–Crippen MR) is 62.5 cm³/mol. The molecule has 3 atom stereocenters. The van der Waals surface area contributed by atoms with Crippen LogP contribution >= 0.6 is 0 Å². The molecular weight excluding hydrogens is 186 g/mol. The summed E-state index contributed by atoms with van der Waals surface area (Å²) in [6.45, 7) is 6.08. The molecule has 2 aliphatic heterocycles. The summed E-state index contributed by atoms with van der Waals surface area (Å²) in [5.74, 6) is 0. The molecule has 2 heteroatoms. The second-order valence-corrected chi connectivity index (χ2v) is 4.87. The minimum atomic E-state index is 0.491. The maximum atomic E-state index is 6.06. The molecule has 2 nitrogen and oxygen atoms in total. The Morgan fingerprint density at radius 1 is 1.47 bits per heavy atom. The van der Waals surface area contributed by atoms with Gasteiger partial charge in [-0.1, -0.05) is 25.8 Å². The van der Waals surface area contributed by atoms with E-state index in [4.69, 9.17) is 4.84 Å². The number of fused-ring (bicyclic) bond motifs is 1. The van der Waals surface area contributed by atoms with E-state index in [0.717, 1.165) is 6.42 Å². The van der Waals surface area contributed by atoms with Crippen molar-refractivity contribution in [2.45, 2.75) is 70.1 Å². The number of nitrogens with zero attached hydrogens (tertiary/aromatic N) is 1. The van der Waals surface area contributed by atoms with Crippen LogP contribution in [-0.2, 0) is 4.84 Å². The largest absolute Gasteiger partial charge is 0.295 e. The van der Waals surface area contributed by atoms with Gasteiger partial charge < -0.3 is 0 Å². The van der Waals surface area contributed by atoms with Gasteiger partial charge in [0.05, 0.1) is 6.10 Å². The van der Waals surface area contributed by atoms with Crippen molar-refractivity contribution < 1.29 is 4.84 Å². The first-order valence-corrected chi connectivity index (χ1v) is 6.41. The van der Waals surface area contributed by atoms with E-state index < -0.39 is 0 Å². The standard InChI is InChI=1S/C13H23NO/c1-3-6-11-8-5-9-12-10-13(7-4-2)15-14(11)12/h3,11-13H,1,4-10H2,2H3/t11-,12-,13+/m0/s1. The molecule has 2 fully saturated rings. The zero-order valence-corrected chi connectivity index (χ0v) is 9.82. The molecule has 0 aromatic heterocycles. The van der Waals surface area contributed by atoms with Crippen molar-refractivity contribution in [1.82, 2.24) is 5.06 Å². The molecule has 0 amide bonds. The molecule has 0 spiro atoms. The third-order valence-electron chi connectivity index (χ3n) is 3.65. The Balaban J connectivity index is 1.94. The molecule has 0 unspecified atom stereocenters. The van der Waals surface area contributed by atoms with E-state index in [2.05, 4.69) is 18.6 Å². The molecule has 2 rings (SSSR count). The summed E-state index contributed by atoms with van der Waals surface area (Å²) in [5, 5.41) is 2.30. The highest BCUT2D eigenvalue weighted by molar-refractivity contribution is 4.89. The Bertz CT molecular complexity index is 217. The Morgan fingerprint density at radius 2 is 2.33 bits per heavy atom. The fraction of sp³-hybridized carbons (Fsp3) is 0.846. The van der Waals surface area contributed by atoms with Crippen LogP contribution < -0.4 is 0 Å². The summed E-state index contributed by atoms with van der Waals surface area (Å²) in [6, 6.07) is 1.29. The molecular formula is C13H23NO. The lowest BCUT2D eigenvalue weighted by molar-refractivity contribution is -0.200. The Kier molecular flexibility index (Phi) is 3.81. The third kappa shape index (κ3) is 2.43. The summed E-state index contributed by atoms with van der Waals surface area (Å²) in [4.78, 5) is 6.06. The third-order valence-corrected chi connectivity index (χ3v) is 3.65. The number of hydrogen-bond donors (Lipinski definition) is 0. The zero-order valence-electron chi connectivity index (χ0n) is 9.82. The highest BCUT2D eigenvalue weighted by Crippen LogP contribution is 2.35. The van der Waals surface area contributed by atoms with Gasteiger partial charge >= 0.3 is 0 Å². The van der Waals surface area contributed by atoms with E-state index in [1.54, 1.807) is 0 Å². The van der Waals surface area contributed by atoms with Crippen molar-refractivity contribution >= 4 is 0 Å². The van der Waals surface area contributed by atoms with E-state index in [1.807, 2.05) is 6.08 Å². The van der Waals surface area contributed by atoms with Gasteiger partial charge in [-0.05, 0) is 32.1 Å². The van der Waals surface area contributed by atoms with Gasteiger partial charge in [0.1, 0.15) is 0 Å². The van der Waals surface area contributed by atoms with E-state index in [9.17, 15) is 0 Å². The van der Waals surface area contributed by atoms with Crippen LogP contribution in [0.3, 0.4) is 0 Å². The minimum absolute atomic E-state index is 0.491. The molecule has 0 N–H and O–H groups in total. The molecule has 86 valence electrons. The maximum Gasteiger partial charge on any atom is 0.0809 e. The molecule has 2 saturated heterocycles. The van der Waals surface area contributed by atoms with Gasteiger partial charge in [0.15, 0.2) is 0 Å². The second-order valence-electron chi connectivity index (χ2n) is 4.87. The lowest BCUT2D eigenvalue weighted by Crippen LogP contribution is -2.41. The number of hydrogen-bond acceptors (Lipinski definition) is 2. The average Bonchev–Trinajstić information content (AvgIpc) is 2.62. The molecule has 15 heavy (non-hydrogen) atoms. The van der Waals surface area contributed by atoms with Gasteiger partial charge in [0.2, 0.25) is 0 Å².